The lowest BCUT2D eigenvalue weighted by atomic mass is 10.1. The third-order valence-corrected chi connectivity index (χ3v) is 2.59. The average Bonchev–Trinajstić information content (AvgIpc) is 2.31. The van der Waals surface area contributed by atoms with Crippen molar-refractivity contribution in [1.29, 1.82) is 0 Å². The summed E-state index contributed by atoms with van der Waals surface area (Å²) in [7, 11) is 0. The maximum Gasteiger partial charge on any atom is 0.120 e. The van der Waals surface area contributed by atoms with Crippen LogP contribution in [0.15, 0.2) is 36.4 Å². The summed E-state index contributed by atoms with van der Waals surface area (Å²) in [5.74, 6) is -0.467. The molecule has 1 aromatic rings. The second-order valence-electron chi connectivity index (χ2n) is 3.83. The lowest BCUT2D eigenvalue weighted by Gasteiger charge is -2.18. The third kappa shape index (κ3) is 2.63. The van der Waals surface area contributed by atoms with Crippen LogP contribution in [0.5, 0.6) is 5.75 Å². The zero-order valence-electron chi connectivity index (χ0n) is 8.89. The summed E-state index contributed by atoms with van der Waals surface area (Å²) >= 11 is 0. The van der Waals surface area contributed by atoms with Crippen LogP contribution in [0.3, 0.4) is 0 Å². The van der Waals surface area contributed by atoms with Crippen LogP contribution in [0.25, 0.3) is 0 Å². The molecule has 1 atom stereocenters. The Balaban J connectivity index is 2.02. The van der Waals surface area contributed by atoms with Crippen molar-refractivity contribution in [3.63, 3.8) is 0 Å². The fourth-order valence-electron chi connectivity index (χ4n) is 1.72. The molecular formula is C13H13O3-. The highest BCUT2D eigenvalue weighted by atomic mass is 16.5. The van der Waals surface area contributed by atoms with E-state index in [-0.39, 0.29) is 11.7 Å². The number of ether oxygens (including phenoxy) is 1. The standard InChI is InChI=1S/C13H14O3/c14-13(15)10-6-8-12(9-7-10)16-11-4-2-1-3-5-11/h2,4,6-9,11H,1,3,5H2,(H,14,15)/p-1/t11-/m0/s1. The van der Waals surface area contributed by atoms with Gasteiger partial charge in [-0.25, -0.2) is 0 Å². The largest absolute Gasteiger partial charge is 0.545 e. The molecule has 0 spiro atoms. The molecule has 0 radical (unpaired) electrons. The van der Waals surface area contributed by atoms with E-state index in [1.165, 1.54) is 12.1 Å². The number of allylic oxidation sites excluding steroid dienone is 1. The monoisotopic (exact) mass is 217 g/mol. The average molecular weight is 217 g/mol. The fraction of sp³-hybridized carbons (Fsp3) is 0.308. The van der Waals surface area contributed by atoms with E-state index in [1.54, 1.807) is 12.1 Å². The van der Waals surface area contributed by atoms with Crippen LogP contribution in [-0.4, -0.2) is 12.1 Å². The summed E-state index contributed by atoms with van der Waals surface area (Å²) < 4.78 is 5.69. The van der Waals surface area contributed by atoms with E-state index < -0.39 is 5.97 Å². The second kappa shape index (κ2) is 4.84. The lowest BCUT2D eigenvalue weighted by Crippen LogP contribution is -2.22. The number of carbonyl (C=O) groups excluding carboxylic acids is 1. The van der Waals surface area contributed by atoms with Crippen molar-refractivity contribution in [3.8, 4) is 5.75 Å². The van der Waals surface area contributed by atoms with Gasteiger partial charge in [-0.05, 0) is 55.2 Å². The van der Waals surface area contributed by atoms with Crippen molar-refractivity contribution in [2.45, 2.75) is 25.4 Å². The summed E-state index contributed by atoms with van der Waals surface area (Å²) in [6, 6.07) is 6.32. The van der Waals surface area contributed by atoms with Gasteiger partial charge >= 0.3 is 0 Å². The van der Waals surface area contributed by atoms with Gasteiger partial charge in [0.2, 0.25) is 0 Å². The molecule has 0 heterocycles. The Morgan fingerprint density at radius 1 is 1.31 bits per heavy atom. The first kappa shape index (κ1) is 10.7. The zero-order valence-corrected chi connectivity index (χ0v) is 8.89. The Bertz CT molecular complexity index is 392. The molecule has 0 amide bonds. The number of hydrogen-bond acceptors (Lipinski definition) is 3. The molecule has 0 N–H and O–H groups in total. The number of carboxylic acids is 1. The predicted octanol–water partition coefficient (Wildman–Crippen LogP) is 1.54. The molecule has 0 fully saturated rings. The molecule has 2 rings (SSSR count). The van der Waals surface area contributed by atoms with Gasteiger partial charge in [0.1, 0.15) is 11.9 Å². The molecule has 0 bridgehead atoms. The minimum Gasteiger partial charge on any atom is -0.545 e. The molecule has 1 aromatic carbocycles. The molecule has 0 saturated carbocycles. The highest BCUT2D eigenvalue weighted by Gasteiger charge is 2.09. The van der Waals surface area contributed by atoms with Crippen LogP contribution >= 0.6 is 0 Å². The van der Waals surface area contributed by atoms with E-state index in [0.717, 1.165) is 19.3 Å². The number of carbonyl (C=O) groups is 1. The van der Waals surface area contributed by atoms with Crippen LogP contribution < -0.4 is 9.84 Å². The Labute approximate surface area is 94.4 Å². The van der Waals surface area contributed by atoms with Crippen molar-refractivity contribution in [2.75, 3.05) is 0 Å². The third-order valence-electron chi connectivity index (χ3n) is 2.59. The molecule has 1 aliphatic carbocycles. The lowest BCUT2D eigenvalue weighted by molar-refractivity contribution is -0.255. The molecule has 3 nitrogen and oxygen atoms in total. The molecule has 16 heavy (non-hydrogen) atoms. The summed E-state index contributed by atoms with van der Waals surface area (Å²) in [5, 5.41) is 10.5. The SMILES string of the molecule is O=C([O-])c1ccc(O[C@H]2C=CCCC2)cc1. The Kier molecular flexibility index (Phi) is 3.25. The van der Waals surface area contributed by atoms with Crippen molar-refractivity contribution >= 4 is 5.97 Å². The maximum absolute atomic E-state index is 10.5. The van der Waals surface area contributed by atoms with E-state index in [0.29, 0.717) is 5.75 Å². The first-order chi connectivity index (χ1) is 7.75. The van der Waals surface area contributed by atoms with E-state index >= 15 is 0 Å². The summed E-state index contributed by atoms with van der Waals surface area (Å²) in [4.78, 5) is 10.5. The summed E-state index contributed by atoms with van der Waals surface area (Å²) in [6.45, 7) is 0. The van der Waals surface area contributed by atoms with Crippen LogP contribution in [0.4, 0.5) is 0 Å². The van der Waals surface area contributed by atoms with Gasteiger partial charge < -0.3 is 14.6 Å². The number of rotatable bonds is 3. The van der Waals surface area contributed by atoms with Crippen molar-refractivity contribution in [2.24, 2.45) is 0 Å². The minimum atomic E-state index is -1.16. The maximum atomic E-state index is 10.5. The summed E-state index contributed by atoms with van der Waals surface area (Å²) in [5.41, 5.74) is 0.173. The van der Waals surface area contributed by atoms with Gasteiger partial charge in [0.15, 0.2) is 0 Å². The molecule has 1 aliphatic rings. The van der Waals surface area contributed by atoms with Crippen molar-refractivity contribution < 1.29 is 14.6 Å². The number of aromatic carboxylic acids is 1. The normalized spacial score (nSPS) is 19.4. The molecule has 0 aliphatic heterocycles. The van der Waals surface area contributed by atoms with Gasteiger partial charge in [-0.3, -0.25) is 0 Å². The topological polar surface area (TPSA) is 49.4 Å². The van der Waals surface area contributed by atoms with Crippen LogP contribution in [0, 0.1) is 0 Å². The highest BCUT2D eigenvalue weighted by molar-refractivity contribution is 5.85. The van der Waals surface area contributed by atoms with Crippen molar-refractivity contribution in [3.05, 3.63) is 42.0 Å². The van der Waals surface area contributed by atoms with Gasteiger partial charge in [0.25, 0.3) is 0 Å². The molecule has 0 unspecified atom stereocenters. The van der Waals surface area contributed by atoms with Gasteiger partial charge in [0.05, 0.1) is 5.97 Å². The molecule has 0 saturated heterocycles. The molecular weight excluding hydrogens is 204 g/mol. The fourth-order valence-corrected chi connectivity index (χ4v) is 1.72. The predicted molar refractivity (Wildman–Crippen MR) is 58.2 cm³/mol. The van der Waals surface area contributed by atoms with Gasteiger partial charge in [-0.2, -0.15) is 0 Å². The quantitative estimate of drug-likeness (QED) is 0.721. The highest BCUT2D eigenvalue weighted by Crippen LogP contribution is 2.19. The van der Waals surface area contributed by atoms with Gasteiger partial charge in [0, 0.05) is 0 Å². The Hall–Kier alpha value is -1.77. The van der Waals surface area contributed by atoms with Gasteiger partial charge in [-0.15, -0.1) is 0 Å². The number of hydrogen-bond donors (Lipinski definition) is 0. The summed E-state index contributed by atoms with van der Waals surface area (Å²) in [6.07, 6.45) is 7.54. The zero-order chi connectivity index (χ0) is 11.4. The minimum absolute atomic E-state index is 0.113. The Morgan fingerprint density at radius 3 is 2.62 bits per heavy atom. The molecule has 84 valence electrons. The number of benzene rings is 1. The first-order valence-electron chi connectivity index (χ1n) is 5.40. The number of carboxylic acid groups (broad SMARTS) is 1. The smallest absolute Gasteiger partial charge is 0.120 e. The van der Waals surface area contributed by atoms with Crippen LogP contribution in [0.2, 0.25) is 0 Å². The molecule has 3 heteroatoms. The second-order valence-corrected chi connectivity index (χ2v) is 3.83. The van der Waals surface area contributed by atoms with E-state index in [4.69, 9.17) is 4.74 Å². The Morgan fingerprint density at radius 2 is 2.06 bits per heavy atom. The van der Waals surface area contributed by atoms with Crippen molar-refractivity contribution in [1.82, 2.24) is 0 Å². The van der Waals surface area contributed by atoms with Gasteiger partial charge in [-0.1, -0.05) is 6.08 Å². The molecule has 0 aromatic heterocycles. The van der Waals surface area contributed by atoms with E-state index in [2.05, 4.69) is 12.2 Å². The van der Waals surface area contributed by atoms with E-state index in [9.17, 15) is 9.90 Å². The van der Waals surface area contributed by atoms with Crippen LogP contribution in [-0.2, 0) is 0 Å². The first-order valence-corrected chi connectivity index (χ1v) is 5.40. The van der Waals surface area contributed by atoms with E-state index in [1.807, 2.05) is 0 Å². The van der Waals surface area contributed by atoms with Crippen LogP contribution in [0.1, 0.15) is 29.6 Å².